The molecule has 0 aromatic carbocycles. The fourth-order valence-corrected chi connectivity index (χ4v) is 3.47. The third-order valence-corrected chi connectivity index (χ3v) is 4.50. The summed E-state index contributed by atoms with van der Waals surface area (Å²) in [5, 5.41) is 0. The molecule has 0 aliphatic heterocycles. The maximum absolute atomic E-state index is 12.4. The van der Waals surface area contributed by atoms with Gasteiger partial charge in [0.15, 0.2) is 5.78 Å². The van der Waals surface area contributed by atoms with Gasteiger partial charge in [0.05, 0.1) is 15.3 Å². The highest BCUT2D eigenvalue weighted by atomic mass is 35.5. The first-order valence-electron chi connectivity index (χ1n) is 6.56. The Labute approximate surface area is 125 Å². The van der Waals surface area contributed by atoms with E-state index in [0.29, 0.717) is 10.4 Å². The highest BCUT2D eigenvalue weighted by Gasteiger charge is 2.26. The molecule has 1 rings (SSSR count). The van der Waals surface area contributed by atoms with Crippen molar-refractivity contribution in [2.45, 2.75) is 32.9 Å². The molecule has 1 heterocycles. The van der Waals surface area contributed by atoms with Crippen LogP contribution in [0.5, 0.6) is 0 Å². The van der Waals surface area contributed by atoms with Crippen LogP contribution in [0.15, 0.2) is 12.1 Å². The Kier molecular flexibility index (Phi) is 6.47. The van der Waals surface area contributed by atoms with Crippen molar-refractivity contribution in [3.8, 4) is 0 Å². The minimum atomic E-state index is -0.116. The van der Waals surface area contributed by atoms with Gasteiger partial charge in [0.25, 0.3) is 0 Å². The Morgan fingerprint density at radius 3 is 2.42 bits per heavy atom. The predicted octanol–water partition coefficient (Wildman–Crippen LogP) is 3.24. The molecule has 108 valence electrons. The van der Waals surface area contributed by atoms with Gasteiger partial charge in [-0.05, 0) is 46.6 Å². The van der Waals surface area contributed by atoms with Crippen LogP contribution < -0.4 is 0 Å². The van der Waals surface area contributed by atoms with E-state index in [0.717, 1.165) is 18.0 Å². The molecule has 0 N–H and O–H groups in total. The van der Waals surface area contributed by atoms with Gasteiger partial charge in [0, 0.05) is 12.6 Å². The molecule has 0 spiro atoms. The summed E-state index contributed by atoms with van der Waals surface area (Å²) in [5.74, 6) is 0.157. The third kappa shape index (κ3) is 4.56. The molecule has 3 nitrogen and oxygen atoms in total. The first kappa shape index (κ1) is 16.6. The number of nitrogens with zero attached hydrogens (tertiary/aromatic N) is 2. The minimum Gasteiger partial charge on any atom is -0.308 e. The lowest BCUT2D eigenvalue weighted by atomic mass is 10.1. The molecule has 0 radical (unpaired) electrons. The van der Waals surface area contributed by atoms with Crippen LogP contribution in [0.2, 0.25) is 4.34 Å². The van der Waals surface area contributed by atoms with Crippen LogP contribution in [0.3, 0.4) is 0 Å². The Balaban J connectivity index is 2.77. The second-order valence-corrected chi connectivity index (χ2v) is 6.80. The SMILES string of the molecule is CCN(C(C)CN(C)C)C(C)C(=O)c1ccc(Cl)s1. The maximum atomic E-state index is 12.4. The molecular formula is C14H23ClN2OS. The van der Waals surface area contributed by atoms with Crippen molar-refractivity contribution >= 4 is 28.7 Å². The van der Waals surface area contributed by atoms with Gasteiger partial charge in [-0.1, -0.05) is 18.5 Å². The molecule has 1 aromatic rings. The maximum Gasteiger partial charge on any atom is 0.189 e. The van der Waals surface area contributed by atoms with E-state index in [2.05, 4.69) is 37.7 Å². The quantitative estimate of drug-likeness (QED) is 0.722. The molecule has 1 aromatic heterocycles. The summed E-state index contributed by atoms with van der Waals surface area (Å²) in [6, 6.07) is 3.83. The number of carbonyl (C=O) groups is 1. The van der Waals surface area contributed by atoms with E-state index < -0.39 is 0 Å². The number of ketones is 1. The van der Waals surface area contributed by atoms with Crippen molar-refractivity contribution in [2.24, 2.45) is 0 Å². The molecule has 0 amide bonds. The van der Waals surface area contributed by atoms with Crippen molar-refractivity contribution < 1.29 is 4.79 Å². The zero-order valence-corrected chi connectivity index (χ0v) is 13.9. The highest BCUT2D eigenvalue weighted by molar-refractivity contribution is 7.18. The van der Waals surface area contributed by atoms with E-state index in [1.54, 1.807) is 6.07 Å². The van der Waals surface area contributed by atoms with E-state index in [1.165, 1.54) is 11.3 Å². The average molecular weight is 303 g/mol. The number of thiophene rings is 1. The van der Waals surface area contributed by atoms with Gasteiger partial charge < -0.3 is 4.90 Å². The van der Waals surface area contributed by atoms with Crippen LogP contribution in [0.4, 0.5) is 0 Å². The number of hydrogen-bond acceptors (Lipinski definition) is 4. The summed E-state index contributed by atoms with van der Waals surface area (Å²) in [6.07, 6.45) is 0. The number of halogens is 1. The fraction of sp³-hybridized carbons (Fsp3) is 0.643. The lowest BCUT2D eigenvalue weighted by molar-refractivity contribution is 0.0761. The molecule has 2 atom stereocenters. The van der Waals surface area contributed by atoms with E-state index in [-0.39, 0.29) is 11.8 Å². The largest absolute Gasteiger partial charge is 0.308 e. The van der Waals surface area contributed by atoms with E-state index in [4.69, 9.17) is 11.6 Å². The summed E-state index contributed by atoms with van der Waals surface area (Å²) < 4.78 is 0.667. The second kappa shape index (κ2) is 7.39. The number of rotatable bonds is 7. The summed E-state index contributed by atoms with van der Waals surface area (Å²) >= 11 is 7.26. The van der Waals surface area contributed by atoms with E-state index >= 15 is 0 Å². The lowest BCUT2D eigenvalue weighted by Gasteiger charge is -2.34. The van der Waals surface area contributed by atoms with Gasteiger partial charge in [0.2, 0.25) is 0 Å². The molecule has 0 bridgehead atoms. The minimum absolute atomic E-state index is 0.116. The molecule has 0 fully saturated rings. The average Bonchev–Trinajstić information content (AvgIpc) is 2.74. The van der Waals surface area contributed by atoms with E-state index in [9.17, 15) is 4.79 Å². The molecular weight excluding hydrogens is 280 g/mol. The van der Waals surface area contributed by atoms with Gasteiger partial charge in [-0.2, -0.15) is 0 Å². The monoisotopic (exact) mass is 302 g/mol. The molecule has 5 heteroatoms. The molecule has 19 heavy (non-hydrogen) atoms. The molecule has 0 aliphatic rings. The summed E-state index contributed by atoms with van der Waals surface area (Å²) in [6.45, 7) is 8.04. The molecule has 0 saturated carbocycles. The Hall–Kier alpha value is -0.420. The number of likely N-dealkylation sites (N-methyl/N-ethyl adjacent to an activating group) is 2. The molecule has 2 unspecified atom stereocenters. The normalized spacial score (nSPS) is 14.9. The van der Waals surface area contributed by atoms with E-state index in [1.807, 2.05) is 13.0 Å². The van der Waals surface area contributed by atoms with Gasteiger partial charge >= 0.3 is 0 Å². The van der Waals surface area contributed by atoms with Crippen LogP contribution in [-0.2, 0) is 0 Å². The third-order valence-electron chi connectivity index (χ3n) is 3.25. The van der Waals surface area contributed by atoms with Crippen LogP contribution in [-0.4, -0.2) is 54.9 Å². The van der Waals surface area contributed by atoms with Gasteiger partial charge in [-0.25, -0.2) is 0 Å². The zero-order valence-electron chi connectivity index (χ0n) is 12.3. The van der Waals surface area contributed by atoms with Crippen molar-refractivity contribution in [1.29, 1.82) is 0 Å². The standard InChI is InChI=1S/C14H23ClN2OS/c1-6-17(10(2)9-16(4)5)11(3)14(18)12-7-8-13(15)19-12/h7-8,10-11H,6,9H2,1-5H3. The van der Waals surface area contributed by atoms with Crippen LogP contribution in [0.1, 0.15) is 30.4 Å². The Morgan fingerprint density at radius 2 is 2.00 bits per heavy atom. The summed E-state index contributed by atoms with van der Waals surface area (Å²) in [7, 11) is 4.10. The number of carbonyl (C=O) groups excluding carboxylic acids is 1. The summed E-state index contributed by atoms with van der Waals surface area (Å²) in [5.41, 5.74) is 0. The van der Waals surface area contributed by atoms with Crippen molar-refractivity contribution in [2.75, 3.05) is 27.2 Å². The Bertz CT molecular complexity index is 419. The molecule has 0 aliphatic carbocycles. The summed E-state index contributed by atoms with van der Waals surface area (Å²) in [4.78, 5) is 17.6. The van der Waals surface area contributed by atoms with Crippen LogP contribution in [0.25, 0.3) is 0 Å². The van der Waals surface area contributed by atoms with Crippen molar-refractivity contribution in [1.82, 2.24) is 9.80 Å². The van der Waals surface area contributed by atoms with Crippen LogP contribution >= 0.6 is 22.9 Å². The predicted molar refractivity (Wildman–Crippen MR) is 83.5 cm³/mol. The lowest BCUT2D eigenvalue weighted by Crippen LogP contribution is -2.48. The number of hydrogen-bond donors (Lipinski definition) is 0. The first-order chi connectivity index (χ1) is 8.86. The van der Waals surface area contributed by atoms with Gasteiger partial charge in [-0.3, -0.25) is 9.69 Å². The fourth-order valence-electron chi connectivity index (χ4n) is 2.40. The second-order valence-electron chi connectivity index (χ2n) is 5.09. The topological polar surface area (TPSA) is 23.6 Å². The zero-order chi connectivity index (χ0) is 14.6. The Morgan fingerprint density at radius 1 is 1.37 bits per heavy atom. The smallest absolute Gasteiger partial charge is 0.189 e. The molecule has 0 saturated heterocycles. The van der Waals surface area contributed by atoms with Gasteiger partial charge in [0.1, 0.15) is 0 Å². The van der Waals surface area contributed by atoms with Crippen molar-refractivity contribution in [3.05, 3.63) is 21.3 Å². The number of Topliss-reactive ketones (excluding diaryl/α,β-unsaturated/α-hetero) is 1. The highest BCUT2D eigenvalue weighted by Crippen LogP contribution is 2.24. The first-order valence-corrected chi connectivity index (χ1v) is 7.76. The van der Waals surface area contributed by atoms with Crippen molar-refractivity contribution in [3.63, 3.8) is 0 Å². The van der Waals surface area contributed by atoms with Crippen LogP contribution in [0, 0.1) is 0 Å². The van der Waals surface area contributed by atoms with Gasteiger partial charge in [-0.15, -0.1) is 11.3 Å².